The van der Waals surface area contributed by atoms with Gasteiger partial charge in [0.05, 0.1) is 6.61 Å². The first-order chi connectivity index (χ1) is 14.0. The first-order valence-electron chi connectivity index (χ1n) is 9.18. The van der Waals surface area contributed by atoms with E-state index in [1.54, 1.807) is 42.5 Å². The predicted octanol–water partition coefficient (Wildman–Crippen LogP) is 6.55. The lowest BCUT2D eigenvalue weighted by atomic mass is 10.3. The van der Waals surface area contributed by atoms with Crippen molar-refractivity contribution < 1.29 is 17.3 Å². The predicted molar refractivity (Wildman–Crippen MR) is 119 cm³/mol. The SMILES string of the molecule is CCCCOc1ccc(Sc2ccc(Br)cc2S(=O)(=O)Oc2ccccc2)cc1. The highest BCUT2D eigenvalue weighted by Crippen LogP contribution is 2.36. The third-order valence-corrected chi connectivity index (χ3v) is 6.94. The molecule has 3 rings (SSSR count). The summed E-state index contributed by atoms with van der Waals surface area (Å²) in [5.74, 6) is 1.08. The summed E-state index contributed by atoms with van der Waals surface area (Å²) in [6.07, 6.45) is 2.10. The Kier molecular flexibility index (Phi) is 7.64. The van der Waals surface area contributed by atoms with Crippen LogP contribution in [0.15, 0.2) is 92.0 Å². The van der Waals surface area contributed by atoms with E-state index in [2.05, 4.69) is 22.9 Å². The minimum absolute atomic E-state index is 0.115. The van der Waals surface area contributed by atoms with Crippen molar-refractivity contribution in [1.82, 2.24) is 0 Å². The molecule has 0 bridgehead atoms. The molecule has 0 amide bonds. The zero-order valence-electron chi connectivity index (χ0n) is 15.9. The maximum absolute atomic E-state index is 12.9. The van der Waals surface area contributed by atoms with Crippen LogP contribution in [-0.4, -0.2) is 15.0 Å². The van der Waals surface area contributed by atoms with E-state index in [4.69, 9.17) is 8.92 Å². The van der Waals surface area contributed by atoms with Crippen LogP contribution in [0.2, 0.25) is 0 Å². The number of unbranched alkanes of at least 4 members (excludes halogenated alkanes) is 1. The van der Waals surface area contributed by atoms with E-state index in [0.717, 1.165) is 23.5 Å². The summed E-state index contributed by atoms with van der Waals surface area (Å²) in [4.78, 5) is 1.61. The average Bonchev–Trinajstić information content (AvgIpc) is 2.71. The molecule has 3 aromatic carbocycles. The van der Waals surface area contributed by atoms with E-state index in [0.29, 0.717) is 16.0 Å². The lowest BCUT2D eigenvalue weighted by Crippen LogP contribution is -2.11. The van der Waals surface area contributed by atoms with Crippen molar-refractivity contribution in [3.8, 4) is 11.5 Å². The zero-order chi connectivity index (χ0) is 20.7. The maximum atomic E-state index is 12.9. The molecule has 3 aromatic rings. The largest absolute Gasteiger partial charge is 0.494 e. The molecular weight excluding hydrogens is 472 g/mol. The van der Waals surface area contributed by atoms with Gasteiger partial charge in [0.25, 0.3) is 0 Å². The fraction of sp³-hybridized carbons (Fsp3) is 0.182. The molecular formula is C22H21BrO4S2. The van der Waals surface area contributed by atoms with Gasteiger partial charge in [-0.1, -0.05) is 59.2 Å². The van der Waals surface area contributed by atoms with Gasteiger partial charge in [-0.2, -0.15) is 8.42 Å². The van der Waals surface area contributed by atoms with Crippen molar-refractivity contribution in [2.24, 2.45) is 0 Å². The number of benzene rings is 3. The van der Waals surface area contributed by atoms with Gasteiger partial charge in [0.1, 0.15) is 16.4 Å². The molecule has 0 aliphatic heterocycles. The summed E-state index contributed by atoms with van der Waals surface area (Å²) < 4.78 is 37.4. The quantitative estimate of drug-likeness (QED) is 0.250. The summed E-state index contributed by atoms with van der Waals surface area (Å²) >= 11 is 4.72. The fourth-order valence-electron chi connectivity index (χ4n) is 2.47. The van der Waals surface area contributed by atoms with Crippen molar-refractivity contribution in [2.75, 3.05) is 6.61 Å². The molecule has 0 radical (unpaired) electrons. The van der Waals surface area contributed by atoms with Crippen molar-refractivity contribution in [2.45, 2.75) is 34.5 Å². The minimum atomic E-state index is -3.99. The molecule has 7 heteroatoms. The van der Waals surface area contributed by atoms with Crippen LogP contribution in [-0.2, 0) is 10.1 Å². The third kappa shape index (κ3) is 6.26. The van der Waals surface area contributed by atoms with Crippen LogP contribution < -0.4 is 8.92 Å². The molecule has 0 heterocycles. The number of ether oxygens (including phenoxy) is 1. The Morgan fingerprint density at radius 2 is 1.66 bits per heavy atom. The number of hydrogen-bond donors (Lipinski definition) is 0. The first-order valence-corrected chi connectivity index (χ1v) is 12.2. The molecule has 0 spiro atoms. The summed E-state index contributed by atoms with van der Waals surface area (Å²) in [6.45, 7) is 2.81. The maximum Gasteiger partial charge on any atom is 0.340 e. The number of para-hydroxylation sites is 1. The molecule has 0 atom stereocenters. The highest BCUT2D eigenvalue weighted by atomic mass is 79.9. The first kappa shape index (κ1) is 21.7. The highest BCUT2D eigenvalue weighted by Gasteiger charge is 2.22. The standard InChI is InChI=1S/C22H21BrO4S2/c1-2-3-15-26-18-10-12-20(13-11-18)28-21-14-9-17(23)16-22(21)29(24,25)27-19-7-5-4-6-8-19/h4-14,16H,2-3,15H2,1H3. The summed E-state index contributed by atoms with van der Waals surface area (Å²) in [6, 6.07) is 21.2. The molecule has 0 fully saturated rings. The lowest BCUT2D eigenvalue weighted by Gasteiger charge is -2.12. The van der Waals surface area contributed by atoms with Gasteiger partial charge in [-0.05, 0) is 61.0 Å². The molecule has 0 saturated heterocycles. The molecule has 0 N–H and O–H groups in total. The Bertz CT molecular complexity index is 1040. The van der Waals surface area contributed by atoms with Crippen molar-refractivity contribution in [3.05, 3.63) is 77.3 Å². The second-order valence-corrected chi connectivity index (χ2v) is 9.76. The summed E-state index contributed by atoms with van der Waals surface area (Å²) in [5.41, 5.74) is 0. The van der Waals surface area contributed by atoms with E-state index >= 15 is 0 Å². The minimum Gasteiger partial charge on any atom is -0.494 e. The second kappa shape index (κ2) is 10.2. The van der Waals surface area contributed by atoms with Crippen LogP contribution in [0, 0.1) is 0 Å². The topological polar surface area (TPSA) is 52.6 Å². The number of halogens is 1. The Hall–Kier alpha value is -1.96. The van der Waals surface area contributed by atoms with Gasteiger partial charge in [-0.25, -0.2) is 0 Å². The van der Waals surface area contributed by atoms with E-state index in [9.17, 15) is 8.42 Å². The number of hydrogen-bond acceptors (Lipinski definition) is 5. The molecule has 0 aliphatic rings. The molecule has 4 nitrogen and oxygen atoms in total. The van der Waals surface area contributed by atoms with Gasteiger partial charge in [0.15, 0.2) is 0 Å². The molecule has 152 valence electrons. The number of rotatable bonds is 9. The Labute approximate surface area is 184 Å². The Morgan fingerprint density at radius 1 is 0.931 bits per heavy atom. The van der Waals surface area contributed by atoms with Crippen LogP contribution in [0.5, 0.6) is 11.5 Å². The summed E-state index contributed by atoms with van der Waals surface area (Å²) in [7, 11) is -3.99. The molecule has 29 heavy (non-hydrogen) atoms. The van der Waals surface area contributed by atoms with Crippen LogP contribution in [0.3, 0.4) is 0 Å². The fourth-order valence-corrected chi connectivity index (χ4v) is 5.28. The van der Waals surface area contributed by atoms with Gasteiger partial charge in [-0.3, -0.25) is 0 Å². The van der Waals surface area contributed by atoms with E-state index in [1.807, 2.05) is 30.3 Å². The van der Waals surface area contributed by atoms with E-state index < -0.39 is 10.1 Å². The third-order valence-electron chi connectivity index (χ3n) is 3.94. The van der Waals surface area contributed by atoms with Crippen LogP contribution in [0.25, 0.3) is 0 Å². The van der Waals surface area contributed by atoms with Gasteiger partial charge >= 0.3 is 10.1 Å². The summed E-state index contributed by atoms with van der Waals surface area (Å²) in [5, 5.41) is 0. The van der Waals surface area contributed by atoms with Gasteiger partial charge in [-0.15, -0.1) is 0 Å². The molecule has 0 unspecified atom stereocenters. The smallest absolute Gasteiger partial charge is 0.340 e. The molecule has 0 aromatic heterocycles. The van der Waals surface area contributed by atoms with Crippen LogP contribution in [0.1, 0.15) is 19.8 Å². The second-order valence-electron chi connectivity index (χ2n) is 6.22. The van der Waals surface area contributed by atoms with E-state index in [-0.39, 0.29) is 10.6 Å². The molecule has 0 saturated carbocycles. The lowest BCUT2D eigenvalue weighted by molar-refractivity contribution is 0.309. The van der Waals surface area contributed by atoms with Crippen LogP contribution >= 0.6 is 27.7 Å². The van der Waals surface area contributed by atoms with Gasteiger partial charge in [0, 0.05) is 14.3 Å². The molecule has 0 aliphatic carbocycles. The Balaban J connectivity index is 1.82. The van der Waals surface area contributed by atoms with E-state index in [1.165, 1.54) is 11.8 Å². The normalized spacial score (nSPS) is 11.2. The Morgan fingerprint density at radius 3 is 2.34 bits per heavy atom. The van der Waals surface area contributed by atoms with Crippen molar-refractivity contribution in [3.63, 3.8) is 0 Å². The van der Waals surface area contributed by atoms with Crippen molar-refractivity contribution >= 4 is 37.8 Å². The zero-order valence-corrected chi connectivity index (χ0v) is 19.1. The highest BCUT2D eigenvalue weighted by molar-refractivity contribution is 9.10. The van der Waals surface area contributed by atoms with Gasteiger partial charge in [0.2, 0.25) is 0 Å². The monoisotopic (exact) mass is 492 g/mol. The average molecular weight is 493 g/mol. The van der Waals surface area contributed by atoms with Gasteiger partial charge < -0.3 is 8.92 Å². The van der Waals surface area contributed by atoms with Crippen LogP contribution in [0.4, 0.5) is 0 Å². The van der Waals surface area contributed by atoms with Crippen molar-refractivity contribution in [1.29, 1.82) is 0 Å².